The molecule has 0 N–H and O–H groups in total. The van der Waals surface area contributed by atoms with Gasteiger partial charge < -0.3 is 0 Å². The highest BCUT2D eigenvalue weighted by Gasteiger charge is 2.60. The molecule has 1 aromatic carbocycles. The number of carbonyl (C=O) groups excluding carboxylic acids is 2. The zero-order chi connectivity index (χ0) is 14.1. The Morgan fingerprint density at radius 3 is 2.10 bits per heavy atom. The zero-order valence-corrected chi connectivity index (χ0v) is 10.7. The van der Waals surface area contributed by atoms with Gasteiger partial charge in [0, 0.05) is 18.4 Å². The molecule has 3 nitrogen and oxygen atoms in total. The minimum atomic E-state index is -2.63. The normalized spacial score (nSPS) is 33.9. The molecule has 0 aromatic heterocycles. The summed E-state index contributed by atoms with van der Waals surface area (Å²) in [6.07, 6.45) is 0.462. The van der Waals surface area contributed by atoms with Crippen molar-refractivity contribution in [1.82, 2.24) is 4.90 Å². The van der Waals surface area contributed by atoms with Gasteiger partial charge >= 0.3 is 0 Å². The number of halogens is 2. The molecular formula is C15H13F2NO2. The quantitative estimate of drug-likeness (QED) is 0.740. The highest BCUT2D eigenvalue weighted by atomic mass is 19.3. The first-order valence-electron chi connectivity index (χ1n) is 6.84. The van der Waals surface area contributed by atoms with Crippen molar-refractivity contribution in [3.63, 3.8) is 0 Å². The first kappa shape index (κ1) is 12.0. The van der Waals surface area contributed by atoms with Crippen molar-refractivity contribution >= 4 is 11.8 Å². The van der Waals surface area contributed by atoms with Gasteiger partial charge in [-0.3, -0.25) is 14.5 Å². The van der Waals surface area contributed by atoms with Crippen molar-refractivity contribution in [1.29, 1.82) is 0 Å². The van der Waals surface area contributed by atoms with Crippen molar-refractivity contribution in [2.24, 2.45) is 11.8 Å². The van der Waals surface area contributed by atoms with Crippen LogP contribution in [-0.2, 0) is 0 Å². The molecule has 2 saturated carbocycles. The van der Waals surface area contributed by atoms with Crippen molar-refractivity contribution < 1.29 is 18.4 Å². The molecule has 5 heteroatoms. The van der Waals surface area contributed by atoms with E-state index < -0.39 is 11.8 Å². The lowest BCUT2D eigenvalue weighted by molar-refractivity contribution is -0.0627. The summed E-state index contributed by atoms with van der Waals surface area (Å²) < 4.78 is 27.1. The lowest BCUT2D eigenvalue weighted by Gasteiger charge is -2.32. The maximum absolute atomic E-state index is 13.6. The van der Waals surface area contributed by atoms with Gasteiger partial charge in [-0.05, 0) is 30.9 Å². The Balaban J connectivity index is 1.67. The van der Waals surface area contributed by atoms with E-state index in [2.05, 4.69) is 0 Å². The Labute approximate surface area is 114 Å². The molecule has 2 fully saturated rings. The predicted molar refractivity (Wildman–Crippen MR) is 66.5 cm³/mol. The molecule has 3 atom stereocenters. The zero-order valence-electron chi connectivity index (χ0n) is 10.7. The molecule has 3 aliphatic rings. The fourth-order valence-electron chi connectivity index (χ4n) is 4.01. The molecule has 20 heavy (non-hydrogen) atoms. The number of imide groups is 1. The van der Waals surface area contributed by atoms with E-state index in [1.165, 1.54) is 4.90 Å². The fraction of sp³-hybridized carbons (Fsp3) is 0.467. The average molecular weight is 277 g/mol. The summed E-state index contributed by atoms with van der Waals surface area (Å²) >= 11 is 0. The number of hydrogen-bond donors (Lipinski definition) is 0. The Morgan fingerprint density at radius 1 is 1.05 bits per heavy atom. The summed E-state index contributed by atoms with van der Waals surface area (Å²) in [5.74, 6) is -4.21. The minimum Gasteiger partial charge on any atom is -0.271 e. The van der Waals surface area contributed by atoms with E-state index in [1.54, 1.807) is 24.3 Å². The maximum atomic E-state index is 13.6. The molecule has 1 aromatic rings. The molecule has 0 saturated heterocycles. The van der Waals surface area contributed by atoms with Crippen LogP contribution >= 0.6 is 0 Å². The third kappa shape index (κ3) is 1.38. The number of carbonyl (C=O) groups is 2. The molecule has 1 aliphatic heterocycles. The Hall–Kier alpha value is -1.78. The third-order valence-corrected chi connectivity index (χ3v) is 4.95. The molecule has 4 rings (SSSR count). The topological polar surface area (TPSA) is 37.4 Å². The van der Waals surface area contributed by atoms with Gasteiger partial charge in [0.05, 0.1) is 11.1 Å². The number of hydrogen-bond acceptors (Lipinski definition) is 2. The second-order valence-electron chi connectivity index (χ2n) is 5.99. The van der Waals surface area contributed by atoms with Crippen LogP contribution in [0.25, 0.3) is 0 Å². The molecule has 0 radical (unpaired) electrons. The van der Waals surface area contributed by atoms with Crippen LogP contribution in [0.15, 0.2) is 24.3 Å². The number of alkyl halides is 2. The lowest BCUT2D eigenvalue weighted by atomic mass is 9.91. The molecule has 3 unspecified atom stereocenters. The summed E-state index contributed by atoms with van der Waals surface area (Å²) in [5.41, 5.74) is 0.791. The van der Waals surface area contributed by atoms with Crippen LogP contribution in [0.5, 0.6) is 0 Å². The van der Waals surface area contributed by atoms with Gasteiger partial charge in [-0.1, -0.05) is 12.1 Å². The van der Waals surface area contributed by atoms with Crippen molar-refractivity contribution in [3.8, 4) is 0 Å². The van der Waals surface area contributed by atoms with Crippen LogP contribution in [0.3, 0.4) is 0 Å². The maximum Gasteiger partial charge on any atom is 0.261 e. The molecule has 2 bridgehead atoms. The molecule has 1 heterocycles. The predicted octanol–water partition coefficient (Wildman–Crippen LogP) is 2.72. The van der Waals surface area contributed by atoms with Gasteiger partial charge in [-0.15, -0.1) is 0 Å². The summed E-state index contributed by atoms with van der Waals surface area (Å²) in [5, 5.41) is 0. The van der Waals surface area contributed by atoms with Crippen molar-refractivity contribution in [2.45, 2.75) is 31.2 Å². The van der Waals surface area contributed by atoms with Crippen molar-refractivity contribution in [3.05, 3.63) is 35.4 Å². The largest absolute Gasteiger partial charge is 0.271 e. The monoisotopic (exact) mass is 277 g/mol. The summed E-state index contributed by atoms with van der Waals surface area (Å²) in [4.78, 5) is 25.9. The van der Waals surface area contributed by atoms with Crippen LogP contribution in [0.4, 0.5) is 8.78 Å². The lowest BCUT2D eigenvalue weighted by Crippen LogP contribution is -2.45. The fourth-order valence-corrected chi connectivity index (χ4v) is 4.01. The average Bonchev–Trinajstić information content (AvgIpc) is 3.01. The van der Waals surface area contributed by atoms with E-state index in [4.69, 9.17) is 0 Å². The minimum absolute atomic E-state index is 0.199. The van der Waals surface area contributed by atoms with Crippen LogP contribution in [0.2, 0.25) is 0 Å². The van der Waals surface area contributed by atoms with Crippen LogP contribution in [-0.4, -0.2) is 28.7 Å². The Kier molecular flexibility index (Phi) is 2.19. The van der Waals surface area contributed by atoms with Gasteiger partial charge in [-0.2, -0.15) is 0 Å². The first-order chi connectivity index (χ1) is 9.49. The molecular weight excluding hydrogens is 264 g/mol. The molecule has 2 amide bonds. The standard InChI is InChI=1S/C15H13F2NO2/c16-15(17)7-8-5-9(15)6-12(8)18-13(19)10-3-1-2-4-11(10)14(18)20/h1-4,8-9,12H,5-7H2. The molecule has 104 valence electrons. The first-order valence-corrected chi connectivity index (χ1v) is 6.84. The molecule has 0 spiro atoms. The Morgan fingerprint density at radius 2 is 1.65 bits per heavy atom. The summed E-state index contributed by atoms with van der Waals surface area (Å²) in [7, 11) is 0. The van der Waals surface area contributed by atoms with Crippen molar-refractivity contribution in [2.75, 3.05) is 0 Å². The second kappa shape index (κ2) is 3.65. The van der Waals surface area contributed by atoms with Crippen LogP contribution in [0.1, 0.15) is 40.0 Å². The van der Waals surface area contributed by atoms with Gasteiger partial charge in [0.1, 0.15) is 0 Å². The number of rotatable bonds is 1. The van der Waals surface area contributed by atoms with Crippen LogP contribution < -0.4 is 0 Å². The van der Waals surface area contributed by atoms with E-state index in [1.807, 2.05) is 0 Å². The van der Waals surface area contributed by atoms with E-state index in [0.717, 1.165) is 0 Å². The highest BCUT2D eigenvalue weighted by molar-refractivity contribution is 6.21. The summed E-state index contributed by atoms with van der Waals surface area (Å²) in [6, 6.07) is 6.31. The van der Waals surface area contributed by atoms with Crippen LogP contribution in [0, 0.1) is 11.8 Å². The second-order valence-corrected chi connectivity index (χ2v) is 5.99. The Bertz CT molecular complexity index is 593. The van der Waals surface area contributed by atoms with E-state index >= 15 is 0 Å². The van der Waals surface area contributed by atoms with Gasteiger partial charge in [0.15, 0.2) is 0 Å². The van der Waals surface area contributed by atoms with E-state index in [-0.39, 0.29) is 36.6 Å². The smallest absolute Gasteiger partial charge is 0.261 e. The summed E-state index contributed by atoms with van der Waals surface area (Å²) in [6.45, 7) is 0. The van der Waals surface area contributed by atoms with Gasteiger partial charge in [-0.25, -0.2) is 8.78 Å². The van der Waals surface area contributed by atoms with Gasteiger partial charge in [0.2, 0.25) is 0 Å². The highest BCUT2D eigenvalue weighted by Crippen LogP contribution is 2.55. The SMILES string of the molecule is O=C1c2ccccc2C(=O)N1C1CC2CC1CC2(F)F. The number of fused-ring (bicyclic) bond motifs is 3. The van der Waals surface area contributed by atoms with E-state index in [0.29, 0.717) is 17.5 Å². The van der Waals surface area contributed by atoms with E-state index in [9.17, 15) is 18.4 Å². The number of benzene rings is 1. The number of nitrogens with zero attached hydrogens (tertiary/aromatic N) is 1. The molecule has 2 aliphatic carbocycles. The van der Waals surface area contributed by atoms with Gasteiger partial charge in [0.25, 0.3) is 17.7 Å². The third-order valence-electron chi connectivity index (χ3n) is 4.95. The number of amides is 2.